The molecule has 0 atom stereocenters. The average molecular weight is 191 g/mol. The quantitative estimate of drug-likeness (QED) is 0.779. The number of nitrogens with zero attached hydrogens (tertiary/aromatic N) is 2. The van der Waals surface area contributed by atoms with Crippen molar-refractivity contribution < 1.29 is 0 Å². The van der Waals surface area contributed by atoms with Gasteiger partial charge in [0.1, 0.15) is 5.82 Å². The van der Waals surface area contributed by atoms with E-state index in [1.165, 1.54) is 32.1 Å². The van der Waals surface area contributed by atoms with Crippen LogP contribution in [-0.4, -0.2) is 9.97 Å². The fraction of sp³-hybridized carbons (Fsp3) is 0.636. The molecule has 0 saturated heterocycles. The minimum absolute atomic E-state index is 0.609. The van der Waals surface area contributed by atoms with Crippen LogP contribution < -0.4 is 5.73 Å². The van der Waals surface area contributed by atoms with E-state index >= 15 is 0 Å². The van der Waals surface area contributed by atoms with Gasteiger partial charge in [0.2, 0.25) is 0 Å². The molecule has 1 fully saturated rings. The van der Waals surface area contributed by atoms with E-state index in [-0.39, 0.29) is 0 Å². The van der Waals surface area contributed by atoms with Crippen molar-refractivity contribution in [1.29, 1.82) is 0 Å². The molecule has 0 aliphatic heterocycles. The zero-order valence-electron chi connectivity index (χ0n) is 8.45. The van der Waals surface area contributed by atoms with Gasteiger partial charge in [-0.05, 0) is 12.3 Å². The van der Waals surface area contributed by atoms with Crippen molar-refractivity contribution in [2.75, 3.05) is 5.73 Å². The molecule has 0 amide bonds. The minimum atomic E-state index is 0.609. The second-order valence-electron chi connectivity index (χ2n) is 4.10. The van der Waals surface area contributed by atoms with Crippen LogP contribution in [0.5, 0.6) is 0 Å². The third kappa shape index (κ3) is 2.22. The monoisotopic (exact) mass is 191 g/mol. The third-order valence-corrected chi connectivity index (χ3v) is 3.01. The van der Waals surface area contributed by atoms with Gasteiger partial charge < -0.3 is 5.73 Å². The van der Waals surface area contributed by atoms with Crippen molar-refractivity contribution in [3.63, 3.8) is 0 Å². The van der Waals surface area contributed by atoms with Gasteiger partial charge in [0.25, 0.3) is 0 Å². The van der Waals surface area contributed by atoms with E-state index in [9.17, 15) is 0 Å². The number of rotatable bonds is 2. The highest BCUT2D eigenvalue weighted by Gasteiger charge is 2.15. The van der Waals surface area contributed by atoms with Crippen LogP contribution in [0.4, 0.5) is 5.82 Å². The van der Waals surface area contributed by atoms with Crippen molar-refractivity contribution in [2.24, 2.45) is 5.92 Å². The first-order valence-corrected chi connectivity index (χ1v) is 5.41. The number of hydrogen-bond acceptors (Lipinski definition) is 3. The minimum Gasteiger partial charge on any atom is -0.382 e. The molecule has 2 N–H and O–H groups in total. The van der Waals surface area contributed by atoms with Crippen molar-refractivity contribution in [3.8, 4) is 0 Å². The molecular formula is C11H17N3. The van der Waals surface area contributed by atoms with Crippen molar-refractivity contribution >= 4 is 5.82 Å². The SMILES string of the molecule is Nc1nccnc1CC1CCCCC1. The Balaban J connectivity index is 1.99. The van der Waals surface area contributed by atoms with Crippen molar-refractivity contribution in [3.05, 3.63) is 18.1 Å². The van der Waals surface area contributed by atoms with E-state index in [2.05, 4.69) is 9.97 Å². The standard InChI is InChI=1S/C11H17N3/c12-11-10(13-6-7-14-11)8-9-4-2-1-3-5-9/h6-7,9H,1-5,8H2,(H2,12,14). The molecule has 0 bridgehead atoms. The summed E-state index contributed by atoms with van der Waals surface area (Å²) >= 11 is 0. The van der Waals surface area contributed by atoms with Gasteiger partial charge in [-0.2, -0.15) is 0 Å². The lowest BCUT2D eigenvalue weighted by Crippen LogP contribution is -2.12. The van der Waals surface area contributed by atoms with Gasteiger partial charge in [-0.1, -0.05) is 32.1 Å². The van der Waals surface area contributed by atoms with Crippen LogP contribution in [0, 0.1) is 5.92 Å². The normalized spacial score (nSPS) is 18.3. The van der Waals surface area contributed by atoms with Gasteiger partial charge in [0.05, 0.1) is 5.69 Å². The van der Waals surface area contributed by atoms with Crippen molar-refractivity contribution in [2.45, 2.75) is 38.5 Å². The van der Waals surface area contributed by atoms with E-state index in [1.807, 2.05) is 0 Å². The Morgan fingerprint density at radius 3 is 2.57 bits per heavy atom. The Morgan fingerprint density at radius 2 is 1.86 bits per heavy atom. The number of anilines is 1. The van der Waals surface area contributed by atoms with Gasteiger partial charge in [0, 0.05) is 12.4 Å². The smallest absolute Gasteiger partial charge is 0.145 e. The second-order valence-corrected chi connectivity index (χ2v) is 4.10. The molecular weight excluding hydrogens is 174 g/mol. The average Bonchev–Trinajstić information content (AvgIpc) is 2.23. The summed E-state index contributed by atoms with van der Waals surface area (Å²) < 4.78 is 0. The maximum Gasteiger partial charge on any atom is 0.145 e. The molecule has 1 aromatic rings. The van der Waals surface area contributed by atoms with E-state index in [0.29, 0.717) is 5.82 Å². The van der Waals surface area contributed by atoms with Crippen LogP contribution in [0.2, 0.25) is 0 Å². The molecule has 1 aromatic heterocycles. The number of hydrogen-bond donors (Lipinski definition) is 1. The topological polar surface area (TPSA) is 51.8 Å². The third-order valence-electron chi connectivity index (χ3n) is 3.01. The van der Waals surface area contributed by atoms with Gasteiger partial charge in [0.15, 0.2) is 0 Å². The van der Waals surface area contributed by atoms with Crippen LogP contribution in [-0.2, 0) is 6.42 Å². The predicted molar refractivity (Wildman–Crippen MR) is 56.7 cm³/mol. The molecule has 1 aliphatic carbocycles. The fourth-order valence-corrected chi connectivity index (χ4v) is 2.20. The lowest BCUT2D eigenvalue weighted by molar-refractivity contribution is 0.354. The highest BCUT2D eigenvalue weighted by atomic mass is 14.9. The highest BCUT2D eigenvalue weighted by Crippen LogP contribution is 2.27. The molecule has 0 aromatic carbocycles. The zero-order valence-corrected chi connectivity index (χ0v) is 8.45. The molecule has 0 spiro atoms. The lowest BCUT2D eigenvalue weighted by Gasteiger charge is -2.21. The Bertz CT molecular complexity index is 292. The Hall–Kier alpha value is -1.12. The molecule has 1 heterocycles. The first-order chi connectivity index (χ1) is 6.86. The molecule has 1 saturated carbocycles. The van der Waals surface area contributed by atoms with E-state index in [0.717, 1.165) is 18.0 Å². The number of aromatic nitrogens is 2. The van der Waals surface area contributed by atoms with Crippen LogP contribution >= 0.6 is 0 Å². The Labute approximate surface area is 84.8 Å². The van der Waals surface area contributed by atoms with Crippen LogP contribution in [0.3, 0.4) is 0 Å². The molecule has 14 heavy (non-hydrogen) atoms. The summed E-state index contributed by atoms with van der Waals surface area (Å²) in [6.45, 7) is 0. The van der Waals surface area contributed by atoms with E-state index < -0.39 is 0 Å². The van der Waals surface area contributed by atoms with Gasteiger partial charge >= 0.3 is 0 Å². The van der Waals surface area contributed by atoms with E-state index in [1.54, 1.807) is 12.4 Å². The highest BCUT2D eigenvalue weighted by molar-refractivity contribution is 5.33. The summed E-state index contributed by atoms with van der Waals surface area (Å²) in [5.41, 5.74) is 6.75. The predicted octanol–water partition coefficient (Wildman–Crippen LogP) is 2.18. The second kappa shape index (κ2) is 4.40. The molecule has 0 radical (unpaired) electrons. The van der Waals surface area contributed by atoms with Crippen LogP contribution in [0.1, 0.15) is 37.8 Å². The molecule has 2 rings (SSSR count). The van der Waals surface area contributed by atoms with Crippen LogP contribution in [0.25, 0.3) is 0 Å². The summed E-state index contributed by atoms with van der Waals surface area (Å²) in [7, 11) is 0. The Morgan fingerprint density at radius 1 is 1.14 bits per heavy atom. The van der Waals surface area contributed by atoms with Gasteiger partial charge in [-0.15, -0.1) is 0 Å². The summed E-state index contributed by atoms with van der Waals surface area (Å²) in [4.78, 5) is 8.34. The summed E-state index contributed by atoms with van der Waals surface area (Å²) in [5, 5.41) is 0. The number of nitrogens with two attached hydrogens (primary N) is 1. The lowest BCUT2D eigenvalue weighted by atomic mass is 9.86. The molecule has 0 unspecified atom stereocenters. The summed E-state index contributed by atoms with van der Waals surface area (Å²) in [6.07, 6.45) is 11.2. The maximum absolute atomic E-state index is 5.76. The first kappa shape index (κ1) is 9.44. The number of nitrogen functional groups attached to an aromatic ring is 1. The molecule has 1 aliphatic rings. The molecule has 3 nitrogen and oxygen atoms in total. The van der Waals surface area contributed by atoms with Crippen LogP contribution in [0.15, 0.2) is 12.4 Å². The molecule has 3 heteroatoms. The fourth-order valence-electron chi connectivity index (χ4n) is 2.20. The largest absolute Gasteiger partial charge is 0.382 e. The van der Waals surface area contributed by atoms with Gasteiger partial charge in [-0.25, -0.2) is 4.98 Å². The van der Waals surface area contributed by atoms with Crippen molar-refractivity contribution in [1.82, 2.24) is 9.97 Å². The summed E-state index contributed by atoms with van der Waals surface area (Å²) in [5.74, 6) is 1.39. The maximum atomic E-state index is 5.76. The zero-order chi connectivity index (χ0) is 9.80. The molecule has 76 valence electrons. The van der Waals surface area contributed by atoms with Gasteiger partial charge in [-0.3, -0.25) is 4.98 Å². The Kier molecular flexibility index (Phi) is 2.96. The van der Waals surface area contributed by atoms with E-state index in [4.69, 9.17) is 5.73 Å². The first-order valence-electron chi connectivity index (χ1n) is 5.41. The summed E-state index contributed by atoms with van der Waals surface area (Å²) in [6, 6.07) is 0.